The minimum Gasteiger partial charge on any atom is -0.445 e. The number of rotatable bonds is 4. The van der Waals surface area contributed by atoms with E-state index in [1.54, 1.807) is 0 Å². The first-order valence-electron chi connectivity index (χ1n) is 8.79. The molecule has 2 aromatic carbocycles. The second-order valence-corrected chi connectivity index (χ2v) is 8.71. The van der Waals surface area contributed by atoms with Crippen LogP contribution in [-0.2, 0) is 21.4 Å². The predicted octanol–water partition coefficient (Wildman–Crippen LogP) is 3.51. The Morgan fingerprint density at radius 3 is 2.54 bits per heavy atom. The molecule has 0 atom stereocenters. The van der Waals surface area contributed by atoms with Crippen molar-refractivity contribution in [3.8, 4) is 0 Å². The second kappa shape index (κ2) is 8.89. The standard InChI is InChI=1S/C19H20ClFN2O4S/c20-17-13-16(7-8-18(17)21)28(25,26)23-10-4-9-22(11-12-23)19(24)27-14-15-5-2-1-3-6-15/h1-3,5-8,13H,4,9-12,14H2. The Labute approximate surface area is 168 Å². The van der Waals surface area contributed by atoms with Gasteiger partial charge in [-0.15, -0.1) is 0 Å². The Bertz CT molecular complexity index is 940. The number of nitrogens with zero attached hydrogens (tertiary/aromatic N) is 2. The Morgan fingerprint density at radius 1 is 1.07 bits per heavy atom. The molecule has 0 bridgehead atoms. The van der Waals surface area contributed by atoms with Crippen LogP contribution >= 0.6 is 11.6 Å². The molecule has 0 aliphatic carbocycles. The maximum absolute atomic E-state index is 13.3. The van der Waals surface area contributed by atoms with Gasteiger partial charge in [0, 0.05) is 26.2 Å². The smallest absolute Gasteiger partial charge is 0.410 e. The van der Waals surface area contributed by atoms with Crippen molar-refractivity contribution in [1.29, 1.82) is 0 Å². The largest absolute Gasteiger partial charge is 0.445 e. The lowest BCUT2D eigenvalue weighted by molar-refractivity contribution is 0.0980. The molecular formula is C19H20ClFN2O4S. The van der Waals surface area contributed by atoms with Crippen molar-refractivity contribution in [2.75, 3.05) is 26.2 Å². The number of carbonyl (C=O) groups excluding carboxylic acids is 1. The van der Waals surface area contributed by atoms with Crippen LogP contribution in [0.3, 0.4) is 0 Å². The number of sulfonamides is 1. The molecule has 1 aliphatic rings. The lowest BCUT2D eigenvalue weighted by Gasteiger charge is -2.21. The molecule has 0 unspecified atom stereocenters. The molecule has 0 aromatic heterocycles. The Morgan fingerprint density at radius 2 is 1.82 bits per heavy atom. The van der Waals surface area contributed by atoms with Gasteiger partial charge in [0.1, 0.15) is 12.4 Å². The number of hydrogen-bond acceptors (Lipinski definition) is 4. The normalized spacial score (nSPS) is 15.9. The van der Waals surface area contributed by atoms with Gasteiger partial charge in [-0.3, -0.25) is 0 Å². The van der Waals surface area contributed by atoms with Crippen molar-refractivity contribution in [3.63, 3.8) is 0 Å². The van der Waals surface area contributed by atoms with Crippen LogP contribution in [0.1, 0.15) is 12.0 Å². The van der Waals surface area contributed by atoms with E-state index < -0.39 is 21.9 Å². The van der Waals surface area contributed by atoms with Crippen LogP contribution in [0.15, 0.2) is 53.4 Å². The fourth-order valence-electron chi connectivity index (χ4n) is 2.91. The van der Waals surface area contributed by atoms with Gasteiger partial charge in [-0.25, -0.2) is 17.6 Å². The zero-order chi connectivity index (χ0) is 20.1. The molecule has 0 radical (unpaired) electrons. The third-order valence-electron chi connectivity index (χ3n) is 4.45. The van der Waals surface area contributed by atoms with E-state index in [1.807, 2.05) is 30.3 Å². The van der Waals surface area contributed by atoms with Gasteiger partial charge < -0.3 is 9.64 Å². The highest BCUT2D eigenvalue weighted by atomic mass is 35.5. The molecule has 1 heterocycles. The number of halogens is 2. The van der Waals surface area contributed by atoms with Gasteiger partial charge in [0.25, 0.3) is 0 Å². The molecule has 1 fully saturated rings. The maximum Gasteiger partial charge on any atom is 0.410 e. The van der Waals surface area contributed by atoms with Gasteiger partial charge in [-0.2, -0.15) is 4.31 Å². The third-order valence-corrected chi connectivity index (χ3v) is 6.63. The van der Waals surface area contributed by atoms with Crippen LogP contribution in [0.2, 0.25) is 5.02 Å². The first kappa shape index (κ1) is 20.6. The molecule has 6 nitrogen and oxygen atoms in total. The van der Waals surface area contributed by atoms with E-state index in [4.69, 9.17) is 16.3 Å². The summed E-state index contributed by atoms with van der Waals surface area (Å²) in [5.41, 5.74) is 0.878. The van der Waals surface area contributed by atoms with Crippen LogP contribution in [0.5, 0.6) is 0 Å². The van der Waals surface area contributed by atoms with E-state index in [9.17, 15) is 17.6 Å². The number of hydrogen-bond donors (Lipinski definition) is 0. The van der Waals surface area contributed by atoms with Crippen LogP contribution < -0.4 is 0 Å². The maximum atomic E-state index is 13.3. The number of ether oxygens (including phenoxy) is 1. The van der Waals surface area contributed by atoms with E-state index in [2.05, 4.69) is 0 Å². The Balaban J connectivity index is 1.62. The summed E-state index contributed by atoms with van der Waals surface area (Å²) in [6, 6.07) is 12.6. The molecular weight excluding hydrogens is 407 g/mol. The summed E-state index contributed by atoms with van der Waals surface area (Å²) in [6.45, 7) is 1.13. The lowest BCUT2D eigenvalue weighted by Crippen LogP contribution is -2.37. The van der Waals surface area contributed by atoms with Crippen LogP contribution in [0.4, 0.5) is 9.18 Å². The lowest BCUT2D eigenvalue weighted by atomic mass is 10.2. The minimum atomic E-state index is -3.83. The van der Waals surface area contributed by atoms with Crippen LogP contribution in [0, 0.1) is 5.82 Å². The summed E-state index contributed by atoms with van der Waals surface area (Å²) in [6.07, 6.45) is -0.0119. The number of benzene rings is 2. The monoisotopic (exact) mass is 426 g/mol. The van der Waals surface area contributed by atoms with Crippen molar-refractivity contribution < 1.29 is 22.3 Å². The molecule has 28 heavy (non-hydrogen) atoms. The predicted molar refractivity (Wildman–Crippen MR) is 103 cm³/mol. The molecule has 3 rings (SSSR count). The number of amides is 1. The van der Waals surface area contributed by atoms with Gasteiger partial charge in [0.05, 0.1) is 9.92 Å². The fourth-order valence-corrected chi connectivity index (χ4v) is 4.66. The summed E-state index contributed by atoms with van der Waals surface area (Å²) in [7, 11) is -3.83. The van der Waals surface area contributed by atoms with Gasteiger partial charge in [-0.1, -0.05) is 41.9 Å². The van der Waals surface area contributed by atoms with Crippen LogP contribution in [-0.4, -0.2) is 49.9 Å². The van der Waals surface area contributed by atoms with Crippen molar-refractivity contribution in [2.24, 2.45) is 0 Å². The summed E-state index contributed by atoms with van der Waals surface area (Å²) in [5, 5.41) is -0.248. The van der Waals surface area contributed by atoms with E-state index in [1.165, 1.54) is 15.3 Å². The van der Waals surface area contributed by atoms with Gasteiger partial charge in [0.2, 0.25) is 10.0 Å². The SMILES string of the molecule is O=C(OCc1ccccc1)N1CCCN(S(=O)(=O)c2ccc(F)c(Cl)c2)CC1. The topological polar surface area (TPSA) is 66.9 Å². The zero-order valence-electron chi connectivity index (χ0n) is 15.1. The quantitative estimate of drug-likeness (QED) is 0.750. The second-order valence-electron chi connectivity index (χ2n) is 6.36. The summed E-state index contributed by atoms with van der Waals surface area (Å²) >= 11 is 5.71. The van der Waals surface area contributed by atoms with Gasteiger partial charge in [-0.05, 0) is 30.2 Å². The van der Waals surface area contributed by atoms with Crippen molar-refractivity contribution in [3.05, 3.63) is 64.9 Å². The highest BCUT2D eigenvalue weighted by molar-refractivity contribution is 7.89. The Hall–Kier alpha value is -2.16. The van der Waals surface area contributed by atoms with E-state index in [-0.39, 0.29) is 36.2 Å². The third kappa shape index (κ3) is 4.81. The molecule has 0 N–H and O–H groups in total. The van der Waals surface area contributed by atoms with Crippen molar-refractivity contribution in [1.82, 2.24) is 9.21 Å². The average Bonchev–Trinajstić information content (AvgIpc) is 2.96. The first-order chi connectivity index (χ1) is 13.4. The fraction of sp³-hybridized carbons (Fsp3) is 0.316. The summed E-state index contributed by atoms with van der Waals surface area (Å²) in [5.74, 6) is -0.677. The molecule has 9 heteroatoms. The molecule has 0 spiro atoms. The highest BCUT2D eigenvalue weighted by Crippen LogP contribution is 2.23. The molecule has 1 amide bonds. The van der Waals surface area contributed by atoms with E-state index >= 15 is 0 Å². The van der Waals surface area contributed by atoms with Gasteiger partial charge >= 0.3 is 6.09 Å². The van der Waals surface area contributed by atoms with Crippen LogP contribution in [0.25, 0.3) is 0 Å². The molecule has 150 valence electrons. The van der Waals surface area contributed by atoms with Crippen molar-refractivity contribution >= 4 is 27.7 Å². The minimum absolute atomic E-state index is 0.0704. The van der Waals surface area contributed by atoms with Gasteiger partial charge in [0.15, 0.2) is 0 Å². The average molecular weight is 427 g/mol. The van der Waals surface area contributed by atoms with E-state index in [0.717, 1.165) is 17.7 Å². The van der Waals surface area contributed by atoms with E-state index in [0.29, 0.717) is 13.0 Å². The first-order valence-corrected chi connectivity index (χ1v) is 10.6. The van der Waals surface area contributed by atoms with Crippen molar-refractivity contribution in [2.45, 2.75) is 17.9 Å². The number of carbonyl (C=O) groups is 1. The molecule has 0 saturated carbocycles. The summed E-state index contributed by atoms with van der Waals surface area (Å²) < 4.78 is 45.5. The Kier molecular flexibility index (Phi) is 6.53. The highest BCUT2D eigenvalue weighted by Gasteiger charge is 2.29. The molecule has 1 aliphatic heterocycles. The summed E-state index contributed by atoms with van der Waals surface area (Å²) in [4.78, 5) is 13.7. The zero-order valence-corrected chi connectivity index (χ0v) is 16.6. The molecule has 2 aromatic rings. The molecule has 1 saturated heterocycles.